The van der Waals surface area contributed by atoms with Crippen molar-refractivity contribution in [1.82, 2.24) is 0 Å². The summed E-state index contributed by atoms with van der Waals surface area (Å²) in [4.78, 5) is 25.8. The molecule has 0 amide bonds. The van der Waals surface area contributed by atoms with Crippen LogP contribution in [0.15, 0.2) is 18.7 Å². The van der Waals surface area contributed by atoms with E-state index in [-0.39, 0.29) is 12.4 Å². The van der Waals surface area contributed by atoms with Crippen LogP contribution in [0.5, 0.6) is 0 Å². The van der Waals surface area contributed by atoms with E-state index in [0.29, 0.717) is 25.3 Å². The van der Waals surface area contributed by atoms with Crippen LogP contribution >= 0.6 is 11.3 Å². The molecule has 5 nitrogen and oxygen atoms in total. The molecule has 0 aromatic carbocycles. The lowest BCUT2D eigenvalue weighted by Crippen LogP contribution is -2.27. The van der Waals surface area contributed by atoms with E-state index in [1.54, 1.807) is 13.0 Å². The molecule has 0 aliphatic heterocycles. The normalized spacial score (nSPS) is 10.2. The molecule has 0 saturated heterocycles. The number of rotatable bonds is 9. The number of carbonyl (C=O) groups excluding carboxylic acids is 1. The van der Waals surface area contributed by atoms with E-state index in [4.69, 9.17) is 9.84 Å². The lowest BCUT2D eigenvalue weighted by atomic mass is 10.2. The molecule has 0 fully saturated rings. The monoisotopic (exact) mass is 311 g/mol. The first-order valence-electron chi connectivity index (χ1n) is 6.90. The van der Waals surface area contributed by atoms with E-state index < -0.39 is 5.97 Å². The predicted octanol–water partition coefficient (Wildman–Crippen LogP) is 2.95. The highest BCUT2D eigenvalue weighted by molar-refractivity contribution is 7.16. The Hall–Kier alpha value is -1.82. The van der Waals surface area contributed by atoms with Gasteiger partial charge in [0.15, 0.2) is 0 Å². The highest BCUT2D eigenvalue weighted by atomic mass is 32.1. The van der Waals surface area contributed by atoms with E-state index in [1.165, 1.54) is 11.3 Å². The van der Waals surface area contributed by atoms with Gasteiger partial charge in [-0.3, -0.25) is 4.79 Å². The minimum atomic E-state index is -0.867. The van der Waals surface area contributed by atoms with E-state index >= 15 is 0 Å². The number of anilines is 1. The number of nitrogens with zero attached hydrogens (tertiary/aromatic N) is 1. The number of hydrogen-bond acceptors (Lipinski definition) is 5. The maximum atomic E-state index is 12.1. The van der Waals surface area contributed by atoms with Crippen molar-refractivity contribution in [2.24, 2.45) is 0 Å². The Morgan fingerprint density at radius 1 is 1.48 bits per heavy atom. The first-order valence-corrected chi connectivity index (χ1v) is 7.72. The lowest BCUT2D eigenvalue weighted by Gasteiger charge is -2.21. The number of carboxylic acid groups (broad SMARTS) is 1. The molecule has 1 heterocycles. The fourth-order valence-electron chi connectivity index (χ4n) is 1.86. The third kappa shape index (κ3) is 4.90. The fraction of sp³-hybridized carbons (Fsp3) is 0.467. The first kappa shape index (κ1) is 17.2. The van der Waals surface area contributed by atoms with Gasteiger partial charge in [-0.15, -0.1) is 17.9 Å². The minimum Gasteiger partial charge on any atom is -0.481 e. The molecule has 116 valence electrons. The number of aryl methyl sites for hydroxylation is 1. The van der Waals surface area contributed by atoms with Gasteiger partial charge >= 0.3 is 11.9 Å². The third-order valence-corrected chi connectivity index (χ3v) is 4.18. The van der Waals surface area contributed by atoms with Crippen LogP contribution in [-0.2, 0) is 16.0 Å². The molecule has 1 aromatic heterocycles. The average molecular weight is 311 g/mol. The molecule has 0 saturated carbocycles. The molecule has 6 heteroatoms. The zero-order chi connectivity index (χ0) is 15.8. The molecular formula is C15H21NO4S. The molecular weight excluding hydrogens is 290 g/mol. The van der Waals surface area contributed by atoms with Gasteiger partial charge in [0.2, 0.25) is 0 Å². The Morgan fingerprint density at radius 2 is 2.19 bits per heavy atom. The Balaban J connectivity index is 3.09. The van der Waals surface area contributed by atoms with Crippen molar-refractivity contribution < 1.29 is 19.4 Å². The maximum absolute atomic E-state index is 12.1. The van der Waals surface area contributed by atoms with Gasteiger partial charge < -0.3 is 14.7 Å². The molecule has 0 aliphatic rings. The SMILES string of the molecule is C=CCN(CCC(=O)O)c1sc(CC)cc1C(=O)OCC. The summed E-state index contributed by atoms with van der Waals surface area (Å²) in [5, 5.41) is 9.61. The van der Waals surface area contributed by atoms with E-state index in [9.17, 15) is 9.59 Å². The zero-order valence-electron chi connectivity index (χ0n) is 12.4. The molecule has 0 bridgehead atoms. The van der Waals surface area contributed by atoms with Gasteiger partial charge in [-0.05, 0) is 19.4 Å². The van der Waals surface area contributed by atoms with Crippen LogP contribution in [-0.4, -0.2) is 36.7 Å². The van der Waals surface area contributed by atoms with Gasteiger partial charge in [-0.25, -0.2) is 4.79 Å². The third-order valence-electron chi connectivity index (χ3n) is 2.84. The lowest BCUT2D eigenvalue weighted by molar-refractivity contribution is -0.136. The van der Waals surface area contributed by atoms with Crippen molar-refractivity contribution in [1.29, 1.82) is 0 Å². The largest absolute Gasteiger partial charge is 0.481 e. The standard InChI is InChI=1S/C15H21NO4S/c1-4-8-16(9-7-13(17)18)14-12(15(19)20-6-3)10-11(5-2)21-14/h4,10H,1,5-9H2,2-3H3,(H,17,18). The smallest absolute Gasteiger partial charge is 0.341 e. The van der Waals surface area contributed by atoms with Crippen molar-refractivity contribution >= 4 is 28.3 Å². The molecule has 0 atom stereocenters. The van der Waals surface area contributed by atoms with Crippen molar-refractivity contribution in [2.75, 3.05) is 24.6 Å². The number of ether oxygens (including phenoxy) is 1. The van der Waals surface area contributed by atoms with Crippen molar-refractivity contribution in [3.63, 3.8) is 0 Å². The Labute approximate surface area is 128 Å². The fourth-order valence-corrected chi connectivity index (χ4v) is 2.97. The molecule has 21 heavy (non-hydrogen) atoms. The second-order valence-electron chi connectivity index (χ2n) is 4.38. The van der Waals surface area contributed by atoms with Crippen LogP contribution in [0.3, 0.4) is 0 Å². The Morgan fingerprint density at radius 3 is 2.71 bits per heavy atom. The molecule has 0 unspecified atom stereocenters. The summed E-state index contributed by atoms with van der Waals surface area (Å²) in [6, 6.07) is 1.83. The van der Waals surface area contributed by atoms with Gasteiger partial charge in [-0.1, -0.05) is 13.0 Å². The summed E-state index contributed by atoms with van der Waals surface area (Å²) in [7, 11) is 0. The molecule has 0 aliphatic carbocycles. The van der Waals surface area contributed by atoms with E-state index in [2.05, 4.69) is 6.58 Å². The Bertz CT molecular complexity index is 510. The molecule has 0 radical (unpaired) electrons. The summed E-state index contributed by atoms with van der Waals surface area (Å²) < 4.78 is 5.08. The number of hydrogen-bond donors (Lipinski definition) is 1. The first-order chi connectivity index (χ1) is 10.0. The summed E-state index contributed by atoms with van der Waals surface area (Å²) in [6.07, 6.45) is 2.52. The van der Waals surface area contributed by atoms with Crippen LogP contribution in [0.2, 0.25) is 0 Å². The van der Waals surface area contributed by atoms with Crippen LogP contribution in [0, 0.1) is 0 Å². The summed E-state index contributed by atoms with van der Waals surface area (Å²) in [5.41, 5.74) is 0.505. The molecule has 1 N–H and O–H groups in total. The highest BCUT2D eigenvalue weighted by Gasteiger charge is 2.21. The molecule has 1 aromatic rings. The van der Waals surface area contributed by atoms with Crippen molar-refractivity contribution in [3.8, 4) is 0 Å². The van der Waals surface area contributed by atoms with Crippen LogP contribution in [0.4, 0.5) is 5.00 Å². The summed E-state index contributed by atoms with van der Waals surface area (Å²) in [5.74, 6) is -1.23. The zero-order valence-corrected chi connectivity index (χ0v) is 13.2. The van der Waals surface area contributed by atoms with Crippen LogP contribution in [0.1, 0.15) is 35.5 Å². The van der Waals surface area contributed by atoms with E-state index in [0.717, 1.165) is 16.3 Å². The van der Waals surface area contributed by atoms with Gasteiger partial charge in [0.1, 0.15) is 5.00 Å². The average Bonchev–Trinajstić information content (AvgIpc) is 2.87. The van der Waals surface area contributed by atoms with Crippen molar-refractivity contribution in [3.05, 3.63) is 29.2 Å². The minimum absolute atomic E-state index is 0.00939. The number of esters is 1. The quantitative estimate of drug-likeness (QED) is 0.561. The molecule has 0 spiro atoms. The van der Waals surface area contributed by atoms with Crippen LogP contribution in [0.25, 0.3) is 0 Å². The number of carboxylic acids is 1. The van der Waals surface area contributed by atoms with Gasteiger partial charge in [0.25, 0.3) is 0 Å². The number of thiophene rings is 1. The second-order valence-corrected chi connectivity index (χ2v) is 5.50. The predicted molar refractivity (Wildman–Crippen MR) is 84.3 cm³/mol. The second kappa shape index (κ2) is 8.46. The number of aliphatic carboxylic acids is 1. The summed E-state index contributed by atoms with van der Waals surface area (Å²) >= 11 is 1.50. The van der Waals surface area contributed by atoms with E-state index in [1.807, 2.05) is 17.9 Å². The van der Waals surface area contributed by atoms with Gasteiger partial charge in [0, 0.05) is 18.0 Å². The van der Waals surface area contributed by atoms with Crippen LogP contribution < -0.4 is 4.90 Å². The Kier molecular flexibility index (Phi) is 6.94. The number of carbonyl (C=O) groups is 2. The van der Waals surface area contributed by atoms with Gasteiger partial charge in [0.05, 0.1) is 18.6 Å². The van der Waals surface area contributed by atoms with Crippen molar-refractivity contribution in [2.45, 2.75) is 26.7 Å². The van der Waals surface area contributed by atoms with Gasteiger partial charge in [-0.2, -0.15) is 0 Å². The highest BCUT2D eigenvalue weighted by Crippen LogP contribution is 2.33. The topological polar surface area (TPSA) is 66.8 Å². The summed E-state index contributed by atoms with van der Waals surface area (Å²) in [6.45, 7) is 8.60. The maximum Gasteiger partial charge on any atom is 0.341 e. The molecule has 1 rings (SSSR count).